The zero-order valence-electron chi connectivity index (χ0n) is 14.8. The number of hydrogen-bond donors (Lipinski definition) is 2. The van der Waals surface area contributed by atoms with Gasteiger partial charge < -0.3 is 0 Å². The summed E-state index contributed by atoms with van der Waals surface area (Å²) in [5, 5.41) is 9.84. The topological polar surface area (TPSA) is 70.7 Å². The van der Waals surface area contributed by atoms with E-state index in [0.29, 0.717) is 11.8 Å². The van der Waals surface area contributed by atoms with Crippen LogP contribution in [0.5, 0.6) is 0 Å². The van der Waals surface area contributed by atoms with Crippen LogP contribution in [0.25, 0.3) is 11.4 Å². The minimum Gasteiger partial charge on any atom is -0.293 e. The van der Waals surface area contributed by atoms with Gasteiger partial charge in [-0.05, 0) is 32.1 Å². The van der Waals surface area contributed by atoms with Gasteiger partial charge in [0.1, 0.15) is 0 Å². The first kappa shape index (κ1) is 16.4. The van der Waals surface area contributed by atoms with Crippen LogP contribution in [-0.2, 0) is 4.79 Å². The molecule has 0 bridgehead atoms. The number of rotatable bonds is 4. The van der Waals surface area contributed by atoms with Crippen LogP contribution in [0.4, 0.5) is 5.95 Å². The van der Waals surface area contributed by atoms with E-state index in [0.717, 1.165) is 5.56 Å². The van der Waals surface area contributed by atoms with Crippen LogP contribution in [-0.4, -0.2) is 21.1 Å². The molecule has 5 heteroatoms. The SMILES string of the molecule is CC(C)=CC1C(C(=O)Nc2n[nH]c(-c3ccc(C)cc3)n2)C1(C)C. The molecule has 0 saturated heterocycles. The summed E-state index contributed by atoms with van der Waals surface area (Å²) in [5.41, 5.74) is 3.36. The zero-order chi connectivity index (χ0) is 17.5. The van der Waals surface area contributed by atoms with Crippen LogP contribution in [0.1, 0.15) is 33.3 Å². The zero-order valence-corrected chi connectivity index (χ0v) is 14.8. The van der Waals surface area contributed by atoms with Crippen molar-refractivity contribution in [1.29, 1.82) is 0 Å². The van der Waals surface area contributed by atoms with Gasteiger partial charge in [0.15, 0.2) is 5.82 Å². The number of aromatic nitrogens is 3. The highest BCUT2D eigenvalue weighted by Gasteiger charge is 2.60. The summed E-state index contributed by atoms with van der Waals surface area (Å²) in [6.45, 7) is 10.4. The van der Waals surface area contributed by atoms with Gasteiger partial charge in [0.05, 0.1) is 5.92 Å². The third-order valence-electron chi connectivity index (χ3n) is 4.75. The monoisotopic (exact) mass is 324 g/mol. The highest BCUT2D eigenvalue weighted by Crippen LogP contribution is 2.59. The van der Waals surface area contributed by atoms with Gasteiger partial charge >= 0.3 is 0 Å². The van der Waals surface area contributed by atoms with E-state index in [4.69, 9.17) is 0 Å². The summed E-state index contributed by atoms with van der Waals surface area (Å²) in [7, 11) is 0. The molecule has 2 aromatic rings. The fourth-order valence-corrected chi connectivity index (χ4v) is 3.19. The Bertz CT molecular complexity index is 782. The second-order valence-electron chi connectivity index (χ2n) is 7.43. The van der Waals surface area contributed by atoms with Gasteiger partial charge in [-0.2, -0.15) is 4.98 Å². The number of amides is 1. The van der Waals surface area contributed by atoms with Crippen molar-refractivity contribution in [2.45, 2.75) is 34.6 Å². The van der Waals surface area contributed by atoms with E-state index in [9.17, 15) is 4.79 Å². The lowest BCUT2D eigenvalue weighted by molar-refractivity contribution is -0.118. The summed E-state index contributed by atoms with van der Waals surface area (Å²) < 4.78 is 0. The lowest BCUT2D eigenvalue weighted by Crippen LogP contribution is -2.17. The predicted octanol–water partition coefficient (Wildman–Crippen LogP) is 3.96. The molecular formula is C19H24N4O. The smallest absolute Gasteiger partial charge is 0.249 e. The Morgan fingerprint density at radius 2 is 1.92 bits per heavy atom. The number of hydrogen-bond acceptors (Lipinski definition) is 3. The van der Waals surface area contributed by atoms with Gasteiger partial charge in [0.2, 0.25) is 11.9 Å². The van der Waals surface area contributed by atoms with Crippen LogP contribution in [0, 0.1) is 24.2 Å². The normalized spacial score (nSPS) is 21.2. The van der Waals surface area contributed by atoms with Gasteiger partial charge in [-0.1, -0.05) is 55.3 Å². The van der Waals surface area contributed by atoms with Crippen LogP contribution in [0.2, 0.25) is 0 Å². The Hall–Kier alpha value is -2.43. The first-order valence-electron chi connectivity index (χ1n) is 8.24. The number of benzene rings is 1. The molecule has 1 amide bonds. The van der Waals surface area contributed by atoms with Gasteiger partial charge in [-0.3, -0.25) is 15.2 Å². The highest BCUT2D eigenvalue weighted by molar-refractivity contribution is 5.94. The molecule has 2 atom stereocenters. The van der Waals surface area contributed by atoms with Crippen LogP contribution in [0.15, 0.2) is 35.9 Å². The molecule has 1 aliphatic rings. The average Bonchev–Trinajstić information content (AvgIpc) is 2.84. The molecule has 2 N–H and O–H groups in total. The number of allylic oxidation sites excluding steroid dienone is 2. The molecule has 3 rings (SSSR count). The summed E-state index contributed by atoms with van der Waals surface area (Å²) in [4.78, 5) is 16.9. The largest absolute Gasteiger partial charge is 0.293 e. The van der Waals surface area contributed by atoms with E-state index >= 15 is 0 Å². The second-order valence-corrected chi connectivity index (χ2v) is 7.43. The first-order chi connectivity index (χ1) is 11.3. The maximum absolute atomic E-state index is 12.5. The number of aromatic amines is 1. The Balaban J connectivity index is 1.70. The standard InChI is InChI=1S/C19H24N4O/c1-11(2)10-14-15(19(14,4)5)17(24)21-18-20-16(22-23-18)13-8-6-12(3)7-9-13/h6-10,14-15H,1-5H3,(H2,20,21,22,23,24). The van der Waals surface area contributed by atoms with Crippen molar-refractivity contribution in [2.75, 3.05) is 5.32 Å². The number of nitrogens with zero attached hydrogens (tertiary/aromatic N) is 2. The maximum Gasteiger partial charge on any atom is 0.249 e. The fourth-order valence-electron chi connectivity index (χ4n) is 3.19. The van der Waals surface area contributed by atoms with E-state index in [1.807, 2.05) is 31.2 Å². The van der Waals surface area contributed by atoms with Crippen LogP contribution in [0.3, 0.4) is 0 Å². The molecule has 0 radical (unpaired) electrons. The molecular weight excluding hydrogens is 300 g/mol. The van der Waals surface area contributed by atoms with Gasteiger partial charge in [-0.25, -0.2) is 0 Å². The van der Waals surface area contributed by atoms with Crippen molar-refractivity contribution in [3.05, 3.63) is 41.5 Å². The molecule has 126 valence electrons. The molecule has 1 aromatic heterocycles. The number of anilines is 1. The molecule has 0 aliphatic heterocycles. The third kappa shape index (κ3) is 3.11. The van der Waals surface area contributed by atoms with Crippen molar-refractivity contribution in [1.82, 2.24) is 15.2 Å². The molecule has 0 spiro atoms. The minimum absolute atomic E-state index is 0.0164. The maximum atomic E-state index is 12.5. The quantitative estimate of drug-likeness (QED) is 0.836. The Kier molecular flexibility index (Phi) is 4.03. The van der Waals surface area contributed by atoms with E-state index in [-0.39, 0.29) is 23.2 Å². The molecule has 24 heavy (non-hydrogen) atoms. The first-order valence-corrected chi connectivity index (χ1v) is 8.24. The second kappa shape index (κ2) is 5.89. The van der Waals surface area contributed by atoms with Crippen molar-refractivity contribution in [3.63, 3.8) is 0 Å². The van der Waals surface area contributed by atoms with Gasteiger partial charge in [0, 0.05) is 5.56 Å². The van der Waals surface area contributed by atoms with Crippen LogP contribution < -0.4 is 5.32 Å². The lowest BCUT2D eigenvalue weighted by atomic mass is 10.1. The third-order valence-corrected chi connectivity index (χ3v) is 4.75. The number of aryl methyl sites for hydroxylation is 1. The van der Waals surface area contributed by atoms with Gasteiger partial charge in [0.25, 0.3) is 0 Å². The van der Waals surface area contributed by atoms with E-state index in [1.165, 1.54) is 11.1 Å². The summed E-state index contributed by atoms with van der Waals surface area (Å²) in [5.74, 6) is 1.21. The molecule has 1 fully saturated rings. The molecule has 1 saturated carbocycles. The van der Waals surface area contributed by atoms with Crippen molar-refractivity contribution in [2.24, 2.45) is 17.3 Å². The highest BCUT2D eigenvalue weighted by atomic mass is 16.2. The molecule has 1 aromatic carbocycles. The number of carbonyl (C=O) groups excluding carboxylic acids is 1. The number of nitrogens with one attached hydrogen (secondary N) is 2. The van der Waals surface area contributed by atoms with E-state index < -0.39 is 0 Å². The minimum atomic E-state index is -0.0336. The molecule has 1 aliphatic carbocycles. The molecule has 1 heterocycles. The van der Waals surface area contributed by atoms with Crippen molar-refractivity contribution < 1.29 is 4.79 Å². The lowest BCUT2D eigenvalue weighted by Gasteiger charge is -2.01. The predicted molar refractivity (Wildman–Crippen MR) is 95.4 cm³/mol. The van der Waals surface area contributed by atoms with E-state index in [1.54, 1.807) is 0 Å². The van der Waals surface area contributed by atoms with E-state index in [2.05, 4.69) is 54.3 Å². The molecule has 2 unspecified atom stereocenters. The summed E-state index contributed by atoms with van der Waals surface area (Å²) in [6.07, 6.45) is 2.18. The number of H-pyrrole nitrogens is 1. The van der Waals surface area contributed by atoms with Gasteiger partial charge in [-0.15, -0.1) is 5.10 Å². The fraction of sp³-hybridized carbons (Fsp3) is 0.421. The summed E-state index contributed by atoms with van der Waals surface area (Å²) in [6, 6.07) is 8.01. The Morgan fingerprint density at radius 3 is 2.54 bits per heavy atom. The molecule has 5 nitrogen and oxygen atoms in total. The Labute approximate surface area is 142 Å². The van der Waals surface area contributed by atoms with Crippen molar-refractivity contribution in [3.8, 4) is 11.4 Å². The number of carbonyl (C=O) groups is 1. The average molecular weight is 324 g/mol. The summed E-state index contributed by atoms with van der Waals surface area (Å²) >= 11 is 0. The Morgan fingerprint density at radius 1 is 1.25 bits per heavy atom. The van der Waals surface area contributed by atoms with Crippen molar-refractivity contribution >= 4 is 11.9 Å². The van der Waals surface area contributed by atoms with Crippen LogP contribution >= 0.6 is 0 Å².